The summed E-state index contributed by atoms with van der Waals surface area (Å²) in [7, 11) is 0. The summed E-state index contributed by atoms with van der Waals surface area (Å²) < 4.78 is 5.09. The van der Waals surface area contributed by atoms with Crippen LogP contribution in [-0.4, -0.2) is 50.5 Å². The zero-order valence-corrected chi connectivity index (χ0v) is 15.3. The highest BCUT2D eigenvalue weighted by atomic mass is 16.3. The van der Waals surface area contributed by atoms with Gasteiger partial charge in [-0.25, -0.2) is 4.98 Å². The fraction of sp³-hybridized carbons (Fsp3) is 0.350. The minimum Gasteiger partial charge on any atom is -0.472 e. The highest BCUT2D eigenvalue weighted by molar-refractivity contribution is 5.93. The number of aromatic amines is 1. The third-order valence-corrected chi connectivity index (χ3v) is 4.90. The quantitative estimate of drug-likeness (QED) is 0.769. The van der Waals surface area contributed by atoms with Gasteiger partial charge in [-0.15, -0.1) is 0 Å². The summed E-state index contributed by atoms with van der Waals surface area (Å²) in [6.45, 7) is 4.82. The van der Waals surface area contributed by atoms with E-state index in [-0.39, 0.29) is 11.9 Å². The van der Waals surface area contributed by atoms with Crippen molar-refractivity contribution in [3.05, 3.63) is 71.7 Å². The third kappa shape index (κ3) is 3.93. The zero-order valence-electron chi connectivity index (χ0n) is 15.3. The summed E-state index contributed by atoms with van der Waals surface area (Å²) in [6, 6.07) is 12.0. The highest BCUT2D eigenvalue weighted by Crippen LogP contribution is 2.25. The van der Waals surface area contributed by atoms with Gasteiger partial charge < -0.3 is 9.32 Å². The molecule has 140 valence electrons. The topological polar surface area (TPSA) is 78.3 Å². The number of H-pyrrole nitrogens is 1. The molecule has 1 N–H and O–H groups in total. The lowest BCUT2D eigenvalue weighted by Crippen LogP contribution is -2.38. The van der Waals surface area contributed by atoms with E-state index in [2.05, 4.69) is 32.2 Å². The smallest absolute Gasteiger partial charge is 0.257 e. The van der Waals surface area contributed by atoms with E-state index in [4.69, 9.17) is 4.42 Å². The summed E-state index contributed by atoms with van der Waals surface area (Å²) in [5, 5.41) is 7.33. The van der Waals surface area contributed by atoms with Crippen LogP contribution in [0.25, 0.3) is 0 Å². The van der Waals surface area contributed by atoms with E-state index in [9.17, 15) is 4.79 Å². The van der Waals surface area contributed by atoms with Gasteiger partial charge in [-0.2, -0.15) is 5.10 Å². The Labute approximate surface area is 158 Å². The molecule has 0 spiro atoms. The Morgan fingerprint density at radius 3 is 2.81 bits per heavy atom. The van der Waals surface area contributed by atoms with Crippen LogP contribution in [0.5, 0.6) is 0 Å². The average Bonchev–Trinajstić information content (AvgIpc) is 3.32. The van der Waals surface area contributed by atoms with Crippen molar-refractivity contribution in [1.82, 2.24) is 25.0 Å². The molecule has 3 aromatic rings. The Morgan fingerprint density at radius 2 is 2.11 bits per heavy atom. The Hall–Kier alpha value is -2.93. The fourth-order valence-electron chi connectivity index (χ4n) is 3.55. The van der Waals surface area contributed by atoms with Gasteiger partial charge in [-0.3, -0.25) is 14.8 Å². The first-order chi connectivity index (χ1) is 13.2. The summed E-state index contributed by atoms with van der Waals surface area (Å²) in [5.74, 6) is 1.50. The number of aromatic nitrogens is 3. The molecule has 1 aromatic carbocycles. The van der Waals surface area contributed by atoms with Gasteiger partial charge in [0, 0.05) is 26.2 Å². The molecule has 0 aliphatic carbocycles. The molecule has 0 bridgehead atoms. The number of amides is 1. The Balaban J connectivity index is 1.60. The molecule has 3 heterocycles. The van der Waals surface area contributed by atoms with E-state index in [1.165, 1.54) is 18.1 Å². The van der Waals surface area contributed by atoms with Crippen LogP contribution in [0.4, 0.5) is 0 Å². The third-order valence-electron chi connectivity index (χ3n) is 4.90. The molecule has 7 heteroatoms. The SMILES string of the molecule is Cc1nc(C2CN(C(=O)c3ccoc3)CCCN2Cc2ccccc2)n[nH]1. The number of aryl methyl sites for hydroxylation is 1. The molecule has 1 amide bonds. The van der Waals surface area contributed by atoms with E-state index in [1.54, 1.807) is 6.07 Å². The summed E-state index contributed by atoms with van der Waals surface area (Å²) >= 11 is 0. The first-order valence-corrected chi connectivity index (χ1v) is 9.19. The molecular formula is C20H23N5O2. The molecule has 0 radical (unpaired) electrons. The number of carbonyl (C=O) groups excluding carboxylic acids is 1. The fourth-order valence-corrected chi connectivity index (χ4v) is 3.55. The van der Waals surface area contributed by atoms with Crippen LogP contribution in [-0.2, 0) is 6.54 Å². The number of carbonyl (C=O) groups is 1. The standard InChI is InChI=1S/C20H23N5O2/c1-15-21-19(23-22-15)18-13-25(20(26)17-8-11-27-14-17)10-5-9-24(18)12-16-6-3-2-4-7-16/h2-4,6-8,11,14,18H,5,9-10,12-13H2,1H3,(H,21,22,23). The number of hydrogen-bond acceptors (Lipinski definition) is 5. The second kappa shape index (κ2) is 7.75. The van der Waals surface area contributed by atoms with Crippen LogP contribution < -0.4 is 0 Å². The number of hydrogen-bond donors (Lipinski definition) is 1. The average molecular weight is 365 g/mol. The maximum Gasteiger partial charge on any atom is 0.257 e. The minimum absolute atomic E-state index is 0.0115. The monoisotopic (exact) mass is 365 g/mol. The molecule has 4 rings (SSSR count). The summed E-state index contributed by atoms with van der Waals surface area (Å²) in [4.78, 5) is 21.7. The predicted molar refractivity (Wildman–Crippen MR) is 99.9 cm³/mol. The first kappa shape index (κ1) is 17.5. The number of nitrogens with one attached hydrogen (secondary N) is 1. The van der Waals surface area contributed by atoms with Crippen molar-refractivity contribution in [3.63, 3.8) is 0 Å². The second-order valence-electron chi connectivity index (χ2n) is 6.87. The molecule has 1 aliphatic heterocycles. The van der Waals surface area contributed by atoms with Crippen LogP contribution in [0.1, 0.15) is 40.0 Å². The van der Waals surface area contributed by atoms with Gasteiger partial charge in [-0.05, 0) is 25.0 Å². The van der Waals surface area contributed by atoms with Gasteiger partial charge in [-0.1, -0.05) is 30.3 Å². The van der Waals surface area contributed by atoms with E-state index < -0.39 is 0 Å². The summed E-state index contributed by atoms with van der Waals surface area (Å²) in [5.41, 5.74) is 1.82. The Morgan fingerprint density at radius 1 is 1.26 bits per heavy atom. The highest BCUT2D eigenvalue weighted by Gasteiger charge is 2.31. The Bertz CT molecular complexity index is 875. The van der Waals surface area contributed by atoms with Gasteiger partial charge in [0.1, 0.15) is 12.1 Å². The number of nitrogens with zero attached hydrogens (tertiary/aromatic N) is 4. The molecule has 1 fully saturated rings. The van der Waals surface area contributed by atoms with Crippen LogP contribution in [0.15, 0.2) is 53.3 Å². The van der Waals surface area contributed by atoms with E-state index in [0.29, 0.717) is 18.7 Å². The molecule has 1 saturated heterocycles. The molecule has 1 atom stereocenters. The molecule has 27 heavy (non-hydrogen) atoms. The number of rotatable bonds is 4. The molecule has 7 nitrogen and oxygen atoms in total. The normalized spacial score (nSPS) is 18.4. The number of furan rings is 1. The zero-order chi connectivity index (χ0) is 18.6. The van der Waals surface area contributed by atoms with Gasteiger partial charge in [0.25, 0.3) is 5.91 Å². The van der Waals surface area contributed by atoms with Crippen molar-refractivity contribution in [2.24, 2.45) is 0 Å². The van der Waals surface area contributed by atoms with Crippen molar-refractivity contribution in [2.45, 2.75) is 25.9 Å². The van der Waals surface area contributed by atoms with Crippen LogP contribution in [0, 0.1) is 6.92 Å². The number of benzene rings is 1. The van der Waals surface area contributed by atoms with Crippen LogP contribution >= 0.6 is 0 Å². The van der Waals surface area contributed by atoms with E-state index in [1.807, 2.05) is 30.0 Å². The summed E-state index contributed by atoms with van der Waals surface area (Å²) in [6.07, 6.45) is 3.93. The lowest BCUT2D eigenvalue weighted by molar-refractivity contribution is 0.0725. The lowest BCUT2D eigenvalue weighted by atomic mass is 10.1. The first-order valence-electron chi connectivity index (χ1n) is 9.19. The van der Waals surface area contributed by atoms with Crippen molar-refractivity contribution in [1.29, 1.82) is 0 Å². The molecule has 0 saturated carbocycles. The van der Waals surface area contributed by atoms with Gasteiger partial charge >= 0.3 is 0 Å². The lowest BCUT2D eigenvalue weighted by Gasteiger charge is -2.29. The van der Waals surface area contributed by atoms with Gasteiger partial charge in [0.2, 0.25) is 0 Å². The van der Waals surface area contributed by atoms with Gasteiger partial charge in [0.05, 0.1) is 17.9 Å². The van der Waals surface area contributed by atoms with Crippen LogP contribution in [0.3, 0.4) is 0 Å². The Kier molecular flexibility index (Phi) is 5.02. The largest absolute Gasteiger partial charge is 0.472 e. The van der Waals surface area contributed by atoms with Gasteiger partial charge in [0.15, 0.2) is 5.82 Å². The van der Waals surface area contributed by atoms with Crippen molar-refractivity contribution in [2.75, 3.05) is 19.6 Å². The minimum atomic E-state index is -0.0616. The maximum absolute atomic E-state index is 12.9. The molecule has 1 unspecified atom stereocenters. The predicted octanol–water partition coefficient (Wildman–Crippen LogP) is 2.80. The molecule has 2 aromatic heterocycles. The molecule has 1 aliphatic rings. The molecular weight excluding hydrogens is 342 g/mol. The van der Waals surface area contributed by atoms with Crippen LogP contribution in [0.2, 0.25) is 0 Å². The van der Waals surface area contributed by atoms with Crippen molar-refractivity contribution in [3.8, 4) is 0 Å². The van der Waals surface area contributed by atoms with E-state index in [0.717, 1.165) is 31.2 Å². The van der Waals surface area contributed by atoms with Crippen molar-refractivity contribution >= 4 is 5.91 Å². The van der Waals surface area contributed by atoms with Crippen molar-refractivity contribution < 1.29 is 9.21 Å². The second-order valence-corrected chi connectivity index (χ2v) is 6.87. The maximum atomic E-state index is 12.9. The van der Waals surface area contributed by atoms with E-state index >= 15 is 0 Å².